The number of nitrogens with zero attached hydrogens (tertiary/aromatic N) is 6. The Kier molecular flexibility index (Phi) is 7.13. The Hall–Kier alpha value is -2.67. The van der Waals surface area contributed by atoms with Crippen LogP contribution in [0.1, 0.15) is 44.1 Å². The molecule has 0 unspecified atom stereocenters. The van der Waals surface area contributed by atoms with E-state index in [4.69, 9.17) is 16.6 Å². The van der Waals surface area contributed by atoms with Crippen molar-refractivity contribution in [2.75, 3.05) is 41.4 Å². The fraction of sp³-hybridized carbons (Fsp3) is 0.455. The number of rotatable bonds is 6. The van der Waals surface area contributed by atoms with Crippen LogP contribution in [-0.4, -0.2) is 47.3 Å². The largest absolute Gasteiger partial charge is 0.341 e. The van der Waals surface area contributed by atoms with Gasteiger partial charge in [-0.1, -0.05) is 35.9 Å². The maximum atomic E-state index is 6.17. The van der Waals surface area contributed by atoms with Crippen LogP contribution in [-0.2, 0) is 0 Å². The van der Waals surface area contributed by atoms with Crippen molar-refractivity contribution in [2.24, 2.45) is 5.10 Å². The van der Waals surface area contributed by atoms with E-state index < -0.39 is 0 Å². The van der Waals surface area contributed by atoms with Gasteiger partial charge in [0.25, 0.3) is 0 Å². The van der Waals surface area contributed by atoms with Gasteiger partial charge in [-0.15, -0.1) is 0 Å². The molecule has 7 nitrogen and oxygen atoms in total. The van der Waals surface area contributed by atoms with Gasteiger partial charge in [-0.25, -0.2) is 5.43 Å². The summed E-state index contributed by atoms with van der Waals surface area (Å²) < 4.78 is 0. The van der Waals surface area contributed by atoms with Gasteiger partial charge in [0, 0.05) is 37.4 Å². The van der Waals surface area contributed by atoms with E-state index in [1.54, 1.807) is 6.21 Å². The maximum Gasteiger partial charge on any atom is 0.250 e. The van der Waals surface area contributed by atoms with Crippen LogP contribution in [0.5, 0.6) is 0 Å². The van der Waals surface area contributed by atoms with E-state index in [2.05, 4.69) is 30.3 Å². The molecule has 3 heterocycles. The molecule has 2 saturated heterocycles. The van der Waals surface area contributed by atoms with E-state index in [1.165, 1.54) is 38.5 Å². The monoisotopic (exact) mass is 425 g/mol. The summed E-state index contributed by atoms with van der Waals surface area (Å²) in [6.45, 7) is 3.97. The van der Waals surface area contributed by atoms with Gasteiger partial charge in [0.2, 0.25) is 17.8 Å². The zero-order valence-corrected chi connectivity index (χ0v) is 17.9. The van der Waals surface area contributed by atoms with E-state index in [-0.39, 0.29) is 0 Å². The Morgan fingerprint density at radius 3 is 2.03 bits per heavy atom. The van der Waals surface area contributed by atoms with Crippen molar-refractivity contribution in [1.29, 1.82) is 0 Å². The maximum absolute atomic E-state index is 6.17. The number of allylic oxidation sites excluding steroid dienone is 1. The lowest BCUT2D eigenvalue weighted by Crippen LogP contribution is -2.34. The number of aromatic nitrogens is 3. The molecule has 1 aromatic heterocycles. The highest BCUT2D eigenvalue weighted by Crippen LogP contribution is 2.22. The van der Waals surface area contributed by atoms with E-state index >= 15 is 0 Å². The highest BCUT2D eigenvalue weighted by Gasteiger charge is 2.20. The minimum atomic E-state index is 0.480. The second-order valence-corrected chi connectivity index (χ2v) is 8.03. The summed E-state index contributed by atoms with van der Waals surface area (Å²) in [7, 11) is 0. The number of piperidine rings is 2. The third kappa shape index (κ3) is 5.48. The van der Waals surface area contributed by atoms with Gasteiger partial charge in [-0.3, -0.25) is 0 Å². The van der Waals surface area contributed by atoms with Gasteiger partial charge in [0.1, 0.15) is 0 Å². The van der Waals surface area contributed by atoms with Crippen LogP contribution in [0.4, 0.5) is 17.8 Å². The molecule has 0 radical (unpaired) electrons. The molecule has 2 aliphatic heterocycles. The van der Waals surface area contributed by atoms with Crippen molar-refractivity contribution in [3.63, 3.8) is 0 Å². The minimum Gasteiger partial charge on any atom is -0.341 e. The first-order chi connectivity index (χ1) is 14.8. The lowest BCUT2D eigenvalue weighted by molar-refractivity contribution is 0.556. The molecule has 2 aromatic rings. The van der Waals surface area contributed by atoms with E-state index in [9.17, 15) is 0 Å². The van der Waals surface area contributed by atoms with Crippen molar-refractivity contribution in [2.45, 2.75) is 38.5 Å². The van der Waals surface area contributed by atoms with Crippen LogP contribution in [0.3, 0.4) is 0 Å². The first-order valence-corrected chi connectivity index (χ1v) is 11.1. The molecule has 158 valence electrons. The highest BCUT2D eigenvalue weighted by molar-refractivity contribution is 6.32. The predicted octanol–water partition coefficient (Wildman–Crippen LogP) is 4.62. The Bertz CT molecular complexity index is 851. The quantitative estimate of drug-likeness (QED) is 0.538. The third-order valence-electron chi connectivity index (χ3n) is 5.40. The van der Waals surface area contributed by atoms with Gasteiger partial charge < -0.3 is 9.80 Å². The number of halogens is 1. The lowest BCUT2D eigenvalue weighted by Gasteiger charge is -2.30. The summed E-state index contributed by atoms with van der Waals surface area (Å²) in [6, 6.07) is 7.69. The molecule has 2 fully saturated rings. The Morgan fingerprint density at radius 2 is 1.43 bits per heavy atom. The number of nitrogens with one attached hydrogen (secondary N) is 1. The van der Waals surface area contributed by atoms with E-state index in [0.717, 1.165) is 43.6 Å². The average molecular weight is 426 g/mol. The van der Waals surface area contributed by atoms with Crippen molar-refractivity contribution >= 4 is 41.7 Å². The molecule has 8 heteroatoms. The standard InChI is InChI=1S/C22H28ClN7/c23-19-12-4-3-10-18(19)11-9-13-24-28-20-25-21(29-14-5-1-6-15-29)27-22(26-20)30-16-7-2-8-17-30/h3-4,9-13H,1-2,5-8,14-17H2,(H,25,26,27,28)/b11-9+,24-13+. The number of hydrogen-bond donors (Lipinski definition) is 1. The van der Waals surface area contributed by atoms with Crippen LogP contribution in [0.25, 0.3) is 6.08 Å². The predicted molar refractivity (Wildman–Crippen MR) is 125 cm³/mol. The molecule has 30 heavy (non-hydrogen) atoms. The molecule has 0 spiro atoms. The second-order valence-electron chi connectivity index (χ2n) is 7.63. The van der Waals surface area contributed by atoms with E-state index in [1.807, 2.05) is 36.4 Å². The summed E-state index contributed by atoms with van der Waals surface area (Å²) in [4.78, 5) is 18.6. The zero-order valence-electron chi connectivity index (χ0n) is 17.2. The SMILES string of the molecule is Clc1ccccc1/C=C/C=N/Nc1nc(N2CCCCC2)nc(N2CCCCC2)n1. The Morgan fingerprint density at radius 1 is 0.833 bits per heavy atom. The molecule has 1 N–H and O–H groups in total. The normalized spacial score (nSPS) is 17.8. The van der Waals surface area contributed by atoms with Gasteiger partial charge in [0.05, 0.1) is 0 Å². The number of anilines is 3. The minimum absolute atomic E-state index is 0.480. The number of hydrogen-bond acceptors (Lipinski definition) is 7. The summed E-state index contributed by atoms with van der Waals surface area (Å²) >= 11 is 6.17. The van der Waals surface area contributed by atoms with Gasteiger partial charge in [-0.05, 0) is 56.2 Å². The van der Waals surface area contributed by atoms with E-state index in [0.29, 0.717) is 11.0 Å². The topological polar surface area (TPSA) is 69.5 Å². The molecular formula is C22H28ClN7. The third-order valence-corrected chi connectivity index (χ3v) is 5.74. The van der Waals surface area contributed by atoms with Crippen LogP contribution in [0.15, 0.2) is 35.4 Å². The van der Waals surface area contributed by atoms with Gasteiger partial charge in [-0.2, -0.15) is 20.1 Å². The Labute approximate surface area is 182 Å². The van der Waals surface area contributed by atoms with Crippen molar-refractivity contribution in [1.82, 2.24) is 15.0 Å². The molecule has 0 saturated carbocycles. The molecule has 0 aliphatic carbocycles. The van der Waals surface area contributed by atoms with Crippen molar-refractivity contribution in [3.8, 4) is 0 Å². The summed E-state index contributed by atoms with van der Waals surface area (Å²) in [5.74, 6) is 1.97. The lowest BCUT2D eigenvalue weighted by atomic mass is 10.1. The Balaban J connectivity index is 1.48. The molecule has 4 rings (SSSR count). The van der Waals surface area contributed by atoms with Crippen molar-refractivity contribution in [3.05, 3.63) is 40.9 Å². The highest BCUT2D eigenvalue weighted by atomic mass is 35.5. The molecule has 0 atom stereocenters. The average Bonchev–Trinajstić information content (AvgIpc) is 2.81. The fourth-order valence-electron chi connectivity index (χ4n) is 3.77. The second kappa shape index (κ2) is 10.4. The summed E-state index contributed by atoms with van der Waals surface area (Å²) in [5.41, 5.74) is 3.92. The van der Waals surface area contributed by atoms with Gasteiger partial charge >= 0.3 is 0 Å². The fourth-order valence-corrected chi connectivity index (χ4v) is 3.97. The molecule has 1 aromatic carbocycles. The summed E-state index contributed by atoms with van der Waals surface area (Å²) in [5, 5.41) is 4.98. The summed E-state index contributed by atoms with van der Waals surface area (Å²) in [6.07, 6.45) is 12.7. The van der Waals surface area contributed by atoms with Crippen LogP contribution >= 0.6 is 11.6 Å². The van der Waals surface area contributed by atoms with Crippen molar-refractivity contribution < 1.29 is 0 Å². The smallest absolute Gasteiger partial charge is 0.250 e. The molecule has 0 amide bonds. The molecule has 0 bridgehead atoms. The first-order valence-electron chi connectivity index (χ1n) is 10.8. The van der Waals surface area contributed by atoms with Crippen LogP contribution in [0.2, 0.25) is 5.02 Å². The molecular weight excluding hydrogens is 398 g/mol. The van der Waals surface area contributed by atoms with Crippen LogP contribution in [0, 0.1) is 0 Å². The first kappa shape index (κ1) is 20.6. The number of hydrazone groups is 1. The molecule has 2 aliphatic rings. The number of benzene rings is 1. The van der Waals surface area contributed by atoms with Gasteiger partial charge in [0.15, 0.2) is 0 Å². The zero-order chi connectivity index (χ0) is 20.6. The van der Waals surface area contributed by atoms with Crippen LogP contribution < -0.4 is 15.2 Å².